The molecule has 4 rings (SSSR count). The van der Waals surface area contributed by atoms with Crippen molar-refractivity contribution in [3.8, 4) is 0 Å². The van der Waals surface area contributed by atoms with E-state index in [1.165, 1.54) is 24.1 Å². The fraction of sp³-hybridized carbons (Fsp3) is 0.294. The SMILES string of the molecule is c1ccc(C2COC(c3cccc(C4CC4)n3)=N2)cc1. The van der Waals surface area contributed by atoms with Crippen molar-refractivity contribution in [3.63, 3.8) is 0 Å². The van der Waals surface area contributed by atoms with Crippen LogP contribution in [0.15, 0.2) is 53.5 Å². The van der Waals surface area contributed by atoms with Gasteiger partial charge in [0.2, 0.25) is 5.90 Å². The molecule has 1 atom stereocenters. The van der Waals surface area contributed by atoms with E-state index in [0.29, 0.717) is 18.4 Å². The van der Waals surface area contributed by atoms with Gasteiger partial charge in [0, 0.05) is 11.6 Å². The first-order chi connectivity index (χ1) is 9.90. The predicted octanol–water partition coefficient (Wildman–Crippen LogP) is 3.48. The van der Waals surface area contributed by atoms with E-state index in [2.05, 4.69) is 34.2 Å². The highest BCUT2D eigenvalue weighted by molar-refractivity contribution is 5.93. The molecular formula is C17H16N2O. The van der Waals surface area contributed by atoms with Gasteiger partial charge in [0.1, 0.15) is 18.3 Å². The summed E-state index contributed by atoms with van der Waals surface area (Å²) in [5, 5.41) is 0. The third kappa shape index (κ3) is 2.20. The van der Waals surface area contributed by atoms with Gasteiger partial charge in [-0.3, -0.25) is 0 Å². The third-order valence-electron chi connectivity index (χ3n) is 3.82. The molecule has 2 aromatic rings. The van der Waals surface area contributed by atoms with E-state index in [1.54, 1.807) is 0 Å². The first kappa shape index (κ1) is 11.6. The van der Waals surface area contributed by atoms with E-state index in [1.807, 2.05) is 24.3 Å². The van der Waals surface area contributed by atoms with Crippen molar-refractivity contribution in [1.29, 1.82) is 0 Å². The minimum atomic E-state index is 0.0950. The number of hydrogen-bond acceptors (Lipinski definition) is 3. The number of aliphatic imine (C=N–C) groups is 1. The van der Waals surface area contributed by atoms with E-state index in [0.717, 1.165) is 5.69 Å². The predicted molar refractivity (Wildman–Crippen MR) is 77.9 cm³/mol. The summed E-state index contributed by atoms with van der Waals surface area (Å²) < 4.78 is 5.75. The standard InChI is InChI=1S/C17H16N2O/c1-2-5-12(6-3-1)16-11-20-17(19-16)15-8-4-7-14(18-15)13-9-10-13/h1-8,13,16H,9-11H2. The summed E-state index contributed by atoms with van der Waals surface area (Å²) in [4.78, 5) is 9.37. The molecule has 3 nitrogen and oxygen atoms in total. The van der Waals surface area contributed by atoms with E-state index in [9.17, 15) is 0 Å². The van der Waals surface area contributed by atoms with Gasteiger partial charge in [-0.05, 0) is 30.5 Å². The number of aromatic nitrogens is 1. The highest BCUT2D eigenvalue weighted by atomic mass is 16.5. The lowest BCUT2D eigenvalue weighted by molar-refractivity contribution is 0.319. The van der Waals surface area contributed by atoms with Crippen molar-refractivity contribution in [2.24, 2.45) is 4.99 Å². The van der Waals surface area contributed by atoms with Crippen molar-refractivity contribution in [2.75, 3.05) is 6.61 Å². The Morgan fingerprint density at radius 2 is 1.80 bits per heavy atom. The number of hydrogen-bond donors (Lipinski definition) is 0. The van der Waals surface area contributed by atoms with Crippen LogP contribution in [0.25, 0.3) is 0 Å². The molecule has 20 heavy (non-hydrogen) atoms. The largest absolute Gasteiger partial charge is 0.474 e. The molecule has 100 valence electrons. The summed E-state index contributed by atoms with van der Waals surface area (Å²) in [6.07, 6.45) is 2.52. The van der Waals surface area contributed by atoms with Crippen LogP contribution in [0, 0.1) is 0 Å². The molecule has 1 unspecified atom stereocenters. The van der Waals surface area contributed by atoms with Gasteiger partial charge in [-0.1, -0.05) is 36.4 Å². The van der Waals surface area contributed by atoms with Crippen LogP contribution in [0.4, 0.5) is 0 Å². The number of ether oxygens (including phenoxy) is 1. The second-order valence-corrected chi connectivity index (χ2v) is 5.39. The second kappa shape index (κ2) is 4.75. The Kier molecular flexibility index (Phi) is 2.76. The first-order valence-electron chi connectivity index (χ1n) is 7.13. The van der Waals surface area contributed by atoms with Crippen molar-refractivity contribution in [2.45, 2.75) is 24.8 Å². The third-order valence-corrected chi connectivity index (χ3v) is 3.82. The molecule has 1 aliphatic carbocycles. The first-order valence-corrected chi connectivity index (χ1v) is 7.13. The Morgan fingerprint density at radius 3 is 2.60 bits per heavy atom. The molecule has 0 saturated heterocycles. The molecule has 1 saturated carbocycles. The van der Waals surface area contributed by atoms with E-state index in [4.69, 9.17) is 4.74 Å². The molecule has 0 N–H and O–H groups in total. The maximum atomic E-state index is 5.75. The molecule has 1 fully saturated rings. The Balaban J connectivity index is 1.61. The summed E-state index contributed by atoms with van der Waals surface area (Å²) in [7, 11) is 0. The van der Waals surface area contributed by atoms with Gasteiger partial charge in [-0.2, -0.15) is 0 Å². The van der Waals surface area contributed by atoms with Crippen molar-refractivity contribution in [1.82, 2.24) is 4.98 Å². The fourth-order valence-corrected chi connectivity index (χ4v) is 2.54. The average Bonchev–Trinajstić information content (AvgIpc) is 3.25. The second-order valence-electron chi connectivity index (χ2n) is 5.39. The monoisotopic (exact) mass is 264 g/mol. The summed E-state index contributed by atoms with van der Waals surface area (Å²) in [6.45, 7) is 0.606. The summed E-state index contributed by atoms with van der Waals surface area (Å²) in [5.41, 5.74) is 3.24. The lowest BCUT2D eigenvalue weighted by Gasteiger charge is -2.03. The molecule has 1 aliphatic heterocycles. The highest BCUT2D eigenvalue weighted by Gasteiger charge is 2.27. The zero-order valence-corrected chi connectivity index (χ0v) is 11.2. The van der Waals surface area contributed by atoms with Crippen LogP contribution in [0.1, 0.15) is 41.8 Å². The van der Waals surface area contributed by atoms with Gasteiger partial charge in [0.25, 0.3) is 0 Å². The van der Waals surface area contributed by atoms with Gasteiger partial charge < -0.3 is 4.74 Å². The van der Waals surface area contributed by atoms with E-state index < -0.39 is 0 Å². The fourth-order valence-electron chi connectivity index (χ4n) is 2.54. The topological polar surface area (TPSA) is 34.5 Å². The normalized spacial score (nSPS) is 21.4. The van der Waals surface area contributed by atoms with Crippen molar-refractivity contribution >= 4 is 5.90 Å². The lowest BCUT2D eigenvalue weighted by Crippen LogP contribution is -2.05. The Bertz CT molecular complexity index is 647. The minimum absolute atomic E-state index is 0.0950. The van der Waals surface area contributed by atoms with Crippen LogP contribution in [0.3, 0.4) is 0 Å². The number of pyridine rings is 1. The molecule has 0 spiro atoms. The van der Waals surface area contributed by atoms with Gasteiger partial charge >= 0.3 is 0 Å². The summed E-state index contributed by atoms with van der Waals surface area (Å²) >= 11 is 0. The molecule has 2 aliphatic rings. The van der Waals surface area contributed by atoms with Gasteiger partial charge in [0.15, 0.2) is 0 Å². The minimum Gasteiger partial charge on any atom is -0.474 e. The number of rotatable bonds is 3. The van der Waals surface area contributed by atoms with E-state index >= 15 is 0 Å². The smallest absolute Gasteiger partial charge is 0.236 e. The van der Waals surface area contributed by atoms with Crippen LogP contribution >= 0.6 is 0 Å². The summed E-state index contributed by atoms with van der Waals surface area (Å²) in [5.74, 6) is 1.34. The molecule has 0 amide bonds. The molecule has 0 radical (unpaired) electrons. The van der Waals surface area contributed by atoms with Gasteiger partial charge in [-0.15, -0.1) is 0 Å². The average molecular weight is 264 g/mol. The Hall–Kier alpha value is -2.16. The van der Waals surface area contributed by atoms with E-state index in [-0.39, 0.29) is 6.04 Å². The van der Waals surface area contributed by atoms with Crippen LogP contribution < -0.4 is 0 Å². The van der Waals surface area contributed by atoms with Crippen LogP contribution in [-0.4, -0.2) is 17.5 Å². The maximum absolute atomic E-state index is 5.75. The van der Waals surface area contributed by atoms with Crippen LogP contribution in [-0.2, 0) is 4.74 Å². The van der Waals surface area contributed by atoms with Crippen LogP contribution in [0.2, 0.25) is 0 Å². The van der Waals surface area contributed by atoms with Gasteiger partial charge in [-0.25, -0.2) is 9.98 Å². The highest BCUT2D eigenvalue weighted by Crippen LogP contribution is 2.39. The summed E-state index contributed by atoms with van der Waals surface area (Å²) in [6, 6.07) is 16.5. The van der Waals surface area contributed by atoms with Crippen LogP contribution in [0.5, 0.6) is 0 Å². The quantitative estimate of drug-likeness (QED) is 0.850. The Labute approximate surface area is 118 Å². The number of benzene rings is 1. The molecular weight excluding hydrogens is 248 g/mol. The molecule has 1 aromatic carbocycles. The molecule has 0 bridgehead atoms. The van der Waals surface area contributed by atoms with Crippen molar-refractivity contribution in [3.05, 3.63) is 65.5 Å². The number of nitrogens with zero attached hydrogens (tertiary/aromatic N) is 2. The molecule has 1 aromatic heterocycles. The zero-order chi connectivity index (χ0) is 13.4. The lowest BCUT2D eigenvalue weighted by atomic mass is 10.1. The Morgan fingerprint density at radius 1 is 0.950 bits per heavy atom. The van der Waals surface area contributed by atoms with Gasteiger partial charge in [0.05, 0.1) is 0 Å². The molecule has 3 heteroatoms. The maximum Gasteiger partial charge on any atom is 0.236 e. The van der Waals surface area contributed by atoms with Crippen molar-refractivity contribution < 1.29 is 4.74 Å². The molecule has 2 heterocycles. The zero-order valence-electron chi connectivity index (χ0n) is 11.2.